The number of fused-ring (bicyclic) bond motifs is 1. The van der Waals surface area contributed by atoms with Crippen molar-refractivity contribution in [2.45, 2.75) is 37.4 Å². The Hall–Kier alpha value is -0.803. The standard InChI is InChI=1S/C12H13O2Si/c15-14-10-3-1-2-8(6-10)9-4-5-11-12(7-9)13-11/h1-3,6,9,11-12H,4-5,7H2. The van der Waals surface area contributed by atoms with Crippen molar-refractivity contribution in [3.05, 3.63) is 29.8 Å². The van der Waals surface area contributed by atoms with E-state index in [4.69, 9.17) is 9.16 Å². The van der Waals surface area contributed by atoms with Crippen LogP contribution in [0, 0.1) is 0 Å². The van der Waals surface area contributed by atoms with Crippen molar-refractivity contribution >= 4 is 10.5 Å². The van der Waals surface area contributed by atoms with Crippen LogP contribution >= 0.6 is 0 Å². The van der Waals surface area contributed by atoms with Crippen molar-refractivity contribution in [1.29, 1.82) is 0 Å². The number of ether oxygens (including phenoxy) is 1. The van der Waals surface area contributed by atoms with Crippen LogP contribution in [-0.2, 0) is 4.74 Å². The smallest absolute Gasteiger partial charge is 0.341 e. The van der Waals surface area contributed by atoms with E-state index >= 15 is 0 Å². The van der Waals surface area contributed by atoms with Gasteiger partial charge in [0.15, 0.2) is 0 Å². The fourth-order valence-corrected chi connectivity index (χ4v) is 2.67. The quantitative estimate of drug-likeness (QED) is 0.559. The number of hydrogen-bond acceptors (Lipinski definition) is 2. The Morgan fingerprint density at radius 3 is 3.00 bits per heavy atom. The molecule has 1 aliphatic carbocycles. The third-order valence-electron chi connectivity index (χ3n) is 3.45. The molecule has 0 aromatic heterocycles. The molecule has 3 rings (SSSR count). The minimum absolute atomic E-state index is 0.539. The molecular formula is C12H13O2Si. The summed E-state index contributed by atoms with van der Waals surface area (Å²) >= 11 is 0. The van der Waals surface area contributed by atoms with Gasteiger partial charge < -0.3 is 9.16 Å². The predicted octanol–water partition coefficient (Wildman–Crippen LogP) is 2.18. The molecule has 77 valence electrons. The molecule has 15 heavy (non-hydrogen) atoms. The SMILES string of the molecule is [Si]Oc1cccc(C2CCC3OC3C2)c1. The van der Waals surface area contributed by atoms with E-state index in [9.17, 15) is 0 Å². The van der Waals surface area contributed by atoms with Gasteiger partial charge in [0.25, 0.3) is 0 Å². The van der Waals surface area contributed by atoms with Gasteiger partial charge >= 0.3 is 10.5 Å². The normalized spacial score (nSPS) is 33.3. The van der Waals surface area contributed by atoms with E-state index in [0.717, 1.165) is 5.75 Å². The van der Waals surface area contributed by atoms with E-state index < -0.39 is 0 Å². The minimum atomic E-state index is 0.539. The van der Waals surface area contributed by atoms with Crippen molar-refractivity contribution < 1.29 is 9.16 Å². The first kappa shape index (κ1) is 9.42. The van der Waals surface area contributed by atoms with Gasteiger partial charge in [-0.1, -0.05) is 12.1 Å². The fraction of sp³-hybridized carbons (Fsp3) is 0.500. The van der Waals surface area contributed by atoms with Crippen molar-refractivity contribution in [3.63, 3.8) is 0 Å². The predicted molar refractivity (Wildman–Crippen MR) is 58.1 cm³/mol. The number of benzene rings is 1. The van der Waals surface area contributed by atoms with Crippen LogP contribution < -0.4 is 4.43 Å². The lowest BCUT2D eigenvalue weighted by Gasteiger charge is -2.19. The summed E-state index contributed by atoms with van der Waals surface area (Å²) in [5.41, 5.74) is 1.37. The molecule has 1 saturated carbocycles. The highest BCUT2D eigenvalue weighted by atomic mass is 28.2. The molecule has 0 bridgehead atoms. The van der Waals surface area contributed by atoms with Crippen LogP contribution in [0.5, 0.6) is 5.75 Å². The maximum atomic E-state index is 5.55. The summed E-state index contributed by atoms with van der Waals surface area (Å²) in [4.78, 5) is 0. The zero-order valence-corrected chi connectivity index (χ0v) is 9.48. The minimum Gasteiger partial charge on any atom is -0.540 e. The van der Waals surface area contributed by atoms with Crippen molar-refractivity contribution in [1.82, 2.24) is 0 Å². The maximum Gasteiger partial charge on any atom is 0.341 e. The molecule has 1 heterocycles. The Kier molecular flexibility index (Phi) is 2.29. The highest BCUT2D eigenvalue weighted by Gasteiger charge is 2.44. The fourth-order valence-electron chi connectivity index (χ4n) is 2.54. The van der Waals surface area contributed by atoms with Crippen LogP contribution in [0.2, 0.25) is 0 Å². The lowest BCUT2D eigenvalue weighted by atomic mass is 9.84. The first-order valence-corrected chi connectivity index (χ1v) is 5.86. The second-order valence-corrected chi connectivity index (χ2v) is 4.60. The Bertz CT molecular complexity index is 366. The Morgan fingerprint density at radius 2 is 2.20 bits per heavy atom. The van der Waals surface area contributed by atoms with Gasteiger partial charge in [0.05, 0.1) is 12.2 Å². The monoisotopic (exact) mass is 217 g/mol. The van der Waals surface area contributed by atoms with Gasteiger partial charge in [0.2, 0.25) is 0 Å². The first-order valence-electron chi connectivity index (χ1n) is 5.46. The molecule has 2 fully saturated rings. The largest absolute Gasteiger partial charge is 0.540 e. The lowest BCUT2D eigenvalue weighted by Crippen LogP contribution is -2.11. The van der Waals surface area contributed by atoms with Crippen LogP contribution in [0.15, 0.2) is 24.3 Å². The van der Waals surface area contributed by atoms with Gasteiger partial charge in [-0.3, -0.25) is 0 Å². The van der Waals surface area contributed by atoms with Crippen molar-refractivity contribution in [2.24, 2.45) is 0 Å². The van der Waals surface area contributed by atoms with Crippen LogP contribution in [0.4, 0.5) is 0 Å². The zero-order valence-electron chi connectivity index (χ0n) is 8.48. The molecule has 2 aliphatic rings. The molecule has 3 atom stereocenters. The average Bonchev–Trinajstić information content (AvgIpc) is 3.07. The zero-order chi connectivity index (χ0) is 10.3. The van der Waals surface area contributed by atoms with Gasteiger partial charge in [-0.2, -0.15) is 0 Å². The van der Waals surface area contributed by atoms with Crippen LogP contribution in [-0.4, -0.2) is 22.7 Å². The third kappa shape index (κ3) is 1.81. The van der Waals surface area contributed by atoms with Gasteiger partial charge in [0.1, 0.15) is 5.75 Å². The van der Waals surface area contributed by atoms with Gasteiger partial charge in [-0.25, -0.2) is 0 Å². The second-order valence-electron chi connectivity index (χ2n) is 4.40. The molecule has 1 aromatic rings. The van der Waals surface area contributed by atoms with E-state index in [0.29, 0.717) is 18.1 Å². The van der Waals surface area contributed by atoms with Crippen LogP contribution in [0.25, 0.3) is 0 Å². The van der Waals surface area contributed by atoms with Crippen LogP contribution in [0.3, 0.4) is 0 Å². The highest BCUT2D eigenvalue weighted by Crippen LogP contribution is 2.44. The van der Waals surface area contributed by atoms with Gasteiger partial charge in [0, 0.05) is 0 Å². The number of rotatable bonds is 2. The molecule has 1 aromatic carbocycles. The van der Waals surface area contributed by atoms with Crippen LogP contribution in [0.1, 0.15) is 30.7 Å². The summed E-state index contributed by atoms with van der Waals surface area (Å²) in [5, 5.41) is 0. The van der Waals surface area contributed by atoms with E-state index in [1.165, 1.54) is 24.8 Å². The molecule has 1 saturated heterocycles. The molecule has 0 N–H and O–H groups in total. The summed E-state index contributed by atoms with van der Waals surface area (Å²) in [6.07, 6.45) is 4.75. The summed E-state index contributed by atoms with van der Waals surface area (Å²) in [6, 6.07) is 8.29. The summed E-state index contributed by atoms with van der Waals surface area (Å²) in [6.45, 7) is 0. The Balaban J connectivity index is 1.78. The molecule has 3 radical (unpaired) electrons. The Morgan fingerprint density at radius 1 is 1.27 bits per heavy atom. The topological polar surface area (TPSA) is 21.8 Å². The number of epoxide rings is 1. The maximum absolute atomic E-state index is 5.55. The molecule has 1 aliphatic heterocycles. The molecule has 0 spiro atoms. The summed E-state index contributed by atoms with van der Waals surface area (Å²) in [7, 11) is 3.06. The average molecular weight is 217 g/mol. The van der Waals surface area contributed by atoms with E-state index in [1.807, 2.05) is 12.1 Å². The molecular weight excluding hydrogens is 204 g/mol. The Labute approximate surface area is 93.1 Å². The molecule has 3 heteroatoms. The summed E-state index contributed by atoms with van der Waals surface area (Å²) < 4.78 is 10.6. The third-order valence-corrected chi connectivity index (χ3v) is 3.69. The van der Waals surface area contributed by atoms with Crippen molar-refractivity contribution in [3.8, 4) is 5.75 Å². The summed E-state index contributed by atoms with van der Waals surface area (Å²) in [5.74, 6) is 1.53. The van der Waals surface area contributed by atoms with Gasteiger partial charge in [-0.15, -0.1) is 0 Å². The van der Waals surface area contributed by atoms with Gasteiger partial charge in [-0.05, 0) is 42.9 Å². The molecule has 2 nitrogen and oxygen atoms in total. The lowest BCUT2D eigenvalue weighted by molar-refractivity contribution is 0.371. The highest BCUT2D eigenvalue weighted by molar-refractivity contribution is 5.99. The van der Waals surface area contributed by atoms with E-state index in [1.54, 1.807) is 0 Å². The molecule has 0 amide bonds. The van der Waals surface area contributed by atoms with Crippen molar-refractivity contribution in [2.75, 3.05) is 0 Å². The molecule has 3 unspecified atom stereocenters. The first-order chi connectivity index (χ1) is 7.36. The van der Waals surface area contributed by atoms with E-state index in [2.05, 4.69) is 22.6 Å². The number of hydrogen-bond donors (Lipinski definition) is 0. The van der Waals surface area contributed by atoms with E-state index in [-0.39, 0.29) is 0 Å². The second kappa shape index (κ2) is 3.65.